The molecule has 0 unspecified atom stereocenters. The number of nitrogens with one attached hydrogen (secondary N) is 1. The van der Waals surface area contributed by atoms with E-state index in [1.165, 1.54) is 55.6 Å². The molecule has 0 fully saturated rings. The predicted molar refractivity (Wildman–Crippen MR) is 99.8 cm³/mol. The van der Waals surface area contributed by atoms with E-state index in [4.69, 9.17) is 5.26 Å². The molecule has 2 rings (SSSR count). The molecule has 9 heteroatoms. The molecule has 0 aliphatic heterocycles. The molecule has 0 saturated heterocycles. The number of nitrogens with zero attached hydrogens (tertiary/aromatic N) is 2. The first-order chi connectivity index (χ1) is 12.7. The summed E-state index contributed by atoms with van der Waals surface area (Å²) in [4.78, 5) is 23.7. The van der Waals surface area contributed by atoms with Crippen LogP contribution in [-0.2, 0) is 19.6 Å². The van der Waals surface area contributed by atoms with Gasteiger partial charge in [0.2, 0.25) is 15.9 Å². The van der Waals surface area contributed by atoms with Crippen LogP contribution >= 0.6 is 0 Å². The summed E-state index contributed by atoms with van der Waals surface area (Å²) in [6, 6.07) is 13.8. The van der Waals surface area contributed by atoms with Gasteiger partial charge in [-0.2, -0.15) is 5.26 Å². The first-order valence-corrected chi connectivity index (χ1v) is 9.55. The van der Waals surface area contributed by atoms with Crippen LogP contribution in [0.4, 0.5) is 11.4 Å². The van der Waals surface area contributed by atoms with Crippen molar-refractivity contribution in [3.8, 4) is 6.07 Å². The van der Waals surface area contributed by atoms with E-state index in [-0.39, 0.29) is 5.69 Å². The van der Waals surface area contributed by atoms with Gasteiger partial charge in [0, 0.05) is 5.69 Å². The third-order valence-electron chi connectivity index (χ3n) is 3.56. The van der Waals surface area contributed by atoms with Crippen molar-refractivity contribution in [3.05, 3.63) is 59.7 Å². The zero-order valence-electron chi connectivity index (χ0n) is 14.7. The fourth-order valence-electron chi connectivity index (χ4n) is 2.24. The Labute approximate surface area is 157 Å². The maximum atomic E-state index is 12.3. The van der Waals surface area contributed by atoms with Gasteiger partial charge in [-0.1, -0.05) is 0 Å². The van der Waals surface area contributed by atoms with Gasteiger partial charge in [0.25, 0.3) is 0 Å². The van der Waals surface area contributed by atoms with Crippen LogP contribution < -0.4 is 9.62 Å². The number of nitriles is 1. The highest BCUT2D eigenvalue weighted by Gasteiger charge is 2.21. The minimum Gasteiger partial charge on any atom is -0.465 e. The number of carbonyl (C=O) groups excluding carboxylic acids is 2. The number of anilines is 2. The summed E-state index contributed by atoms with van der Waals surface area (Å²) in [5.74, 6) is -1.06. The zero-order chi connectivity index (χ0) is 20.0. The standard InChI is InChI=1S/C18H17N3O5S/c1-26-18(23)14-5-7-15(8-6-14)20-17(22)12-21(27(2,24)25)16-9-3-13(11-19)4-10-16/h3-10H,12H2,1-2H3,(H,20,22). The van der Waals surface area contributed by atoms with Gasteiger partial charge < -0.3 is 10.1 Å². The van der Waals surface area contributed by atoms with E-state index < -0.39 is 28.4 Å². The minimum atomic E-state index is -3.72. The smallest absolute Gasteiger partial charge is 0.337 e. The second-order valence-corrected chi connectivity index (χ2v) is 7.45. The van der Waals surface area contributed by atoms with Gasteiger partial charge in [0.05, 0.1) is 36.2 Å². The molecule has 8 nitrogen and oxygen atoms in total. The van der Waals surface area contributed by atoms with Gasteiger partial charge in [-0.3, -0.25) is 9.10 Å². The van der Waals surface area contributed by atoms with Gasteiger partial charge in [-0.15, -0.1) is 0 Å². The number of carbonyl (C=O) groups is 2. The second kappa shape index (κ2) is 8.33. The van der Waals surface area contributed by atoms with Crippen molar-refractivity contribution >= 4 is 33.3 Å². The van der Waals surface area contributed by atoms with Gasteiger partial charge in [-0.05, 0) is 48.5 Å². The van der Waals surface area contributed by atoms with Crippen molar-refractivity contribution in [2.75, 3.05) is 29.5 Å². The lowest BCUT2D eigenvalue weighted by Gasteiger charge is -2.22. The van der Waals surface area contributed by atoms with Crippen molar-refractivity contribution < 1.29 is 22.7 Å². The van der Waals surface area contributed by atoms with E-state index in [1.807, 2.05) is 6.07 Å². The molecule has 0 heterocycles. The summed E-state index contributed by atoms with van der Waals surface area (Å²) in [6.07, 6.45) is 0.990. The molecule has 0 saturated carbocycles. The van der Waals surface area contributed by atoms with Crippen LogP contribution in [0.1, 0.15) is 15.9 Å². The van der Waals surface area contributed by atoms with E-state index in [2.05, 4.69) is 10.1 Å². The Hall–Kier alpha value is -3.38. The van der Waals surface area contributed by atoms with Crippen LogP contribution in [0.2, 0.25) is 0 Å². The average Bonchev–Trinajstić information content (AvgIpc) is 2.65. The molecule has 1 amide bonds. The number of hydrogen-bond donors (Lipinski definition) is 1. The van der Waals surface area contributed by atoms with Gasteiger partial charge in [0.15, 0.2) is 0 Å². The highest BCUT2D eigenvalue weighted by Crippen LogP contribution is 2.18. The number of benzene rings is 2. The molecule has 0 aliphatic carbocycles. The molecule has 1 N–H and O–H groups in total. The number of rotatable bonds is 6. The molecule has 2 aromatic rings. The summed E-state index contributed by atoms with van der Waals surface area (Å²) < 4.78 is 29.6. The summed E-state index contributed by atoms with van der Waals surface area (Å²) >= 11 is 0. The van der Waals surface area contributed by atoms with E-state index >= 15 is 0 Å². The summed E-state index contributed by atoms with van der Waals surface area (Å²) in [7, 11) is -2.45. The van der Waals surface area contributed by atoms with E-state index in [0.29, 0.717) is 16.8 Å². The Kier molecular flexibility index (Phi) is 6.15. The lowest BCUT2D eigenvalue weighted by molar-refractivity contribution is -0.114. The number of hydrogen-bond acceptors (Lipinski definition) is 6. The largest absolute Gasteiger partial charge is 0.465 e. The van der Waals surface area contributed by atoms with Gasteiger partial charge in [-0.25, -0.2) is 13.2 Å². The molecule has 0 aliphatic rings. The van der Waals surface area contributed by atoms with Crippen molar-refractivity contribution in [1.82, 2.24) is 0 Å². The Morgan fingerprint density at radius 1 is 1.11 bits per heavy atom. The quantitative estimate of drug-likeness (QED) is 0.755. The molecule has 140 valence electrons. The third-order valence-corrected chi connectivity index (χ3v) is 4.70. The Morgan fingerprint density at radius 3 is 2.19 bits per heavy atom. The van der Waals surface area contributed by atoms with Crippen LogP contribution in [0.5, 0.6) is 0 Å². The molecule has 27 heavy (non-hydrogen) atoms. The predicted octanol–water partition coefficient (Wildman–Crippen LogP) is 1.75. The number of amides is 1. The van der Waals surface area contributed by atoms with Crippen LogP contribution in [-0.4, -0.2) is 40.2 Å². The topological polar surface area (TPSA) is 117 Å². The third kappa shape index (κ3) is 5.29. The summed E-state index contributed by atoms with van der Waals surface area (Å²) in [5, 5.41) is 11.4. The second-order valence-electron chi connectivity index (χ2n) is 5.55. The fraction of sp³-hybridized carbons (Fsp3) is 0.167. The van der Waals surface area contributed by atoms with Gasteiger partial charge in [0.1, 0.15) is 6.54 Å². The monoisotopic (exact) mass is 387 g/mol. The molecule has 0 atom stereocenters. The Morgan fingerprint density at radius 2 is 1.70 bits per heavy atom. The van der Waals surface area contributed by atoms with Crippen LogP contribution in [0.25, 0.3) is 0 Å². The van der Waals surface area contributed by atoms with Crippen molar-refractivity contribution in [2.24, 2.45) is 0 Å². The zero-order valence-corrected chi connectivity index (χ0v) is 15.5. The Bertz CT molecular complexity index is 977. The fourth-order valence-corrected chi connectivity index (χ4v) is 3.10. The van der Waals surface area contributed by atoms with Crippen molar-refractivity contribution in [3.63, 3.8) is 0 Å². The summed E-state index contributed by atoms with van der Waals surface area (Å²) in [5.41, 5.74) is 1.38. The van der Waals surface area contributed by atoms with Crippen LogP contribution in [0.3, 0.4) is 0 Å². The molecule has 2 aromatic carbocycles. The highest BCUT2D eigenvalue weighted by molar-refractivity contribution is 7.92. The van der Waals surface area contributed by atoms with Gasteiger partial charge >= 0.3 is 5.97 Å². The number of sulfonamides is 1. The van der Waals surface area contributed by atoms with E-state index in [1.54, 1.807) is 0 Å². The normalized spacial score (nSPS) is 10.6. The van der Waals surface area contributed by atoms with Crippen LogP contribution in [0, 0.1) is 11.3 Å². The van der Waals surface area contributed by atoms with E-state index in [9.17, 15) is 18.0 Å². The lowest BCUT2D eigenvalue weighted by Crippen LogP contribution is -2.37. The van der Waals surface area contributed by atoms with E-state index in [0.717, 1.165) is 10.6 Å². The number of methoxy groups -OCH3 is 1. The Balaban J connectivity index is 2.14. The van der Waals surface area contributed by atoms with Crippen LogP contribution in [0.15, 0.2) is 48.5 Å². The SMILES string of the molecule is COC(=O)c1ccc(NC(=O)CN(c2ccc(C#N)cc2)S(C)(=O)=O)cc1. The lowest BCUT2D eigenvalue weighted by atomic mass is 10.2. The van der Waals surface area contributed by atoms with Crippen molar-refractivity contribution in [1.29, 1.82) is 5.26 Å². The maximum absolute atomic E-state index is 12.3. The number of esters is 1. The number of ether oxygens (including phenoxy) is 1. The molecule has 0 bridgehead atoms. The molecular formula is C18H17N3O5S. The average molecular weight is 387 g/mol. The highest BCUT2D eigenvalue weighted by atomic mass is 32.2. The van der Waals surface area contributed by atoms with Crippen molar-refractivity contribution in [2.45, 2.75) is 0 Å². The maximum Gasteiger partial charge on any atom is 0.337 e. The first-order valence-electron chi connectivity index (χ1n) is 7.70. The molecule has 0 spiro atoms. The molecule has 0 aromatic heterocycles. The summed E-state index contributed by atoms with van der Waals surface area (Å²) in [6.45, 7) is -0.441. The minimum absolute atomic E-state index is 0.271. The first kappa shape index (κ1) is 19.9. The molecular weight excluding hydrogens is 370 g/mol. The molecule has 0 radical (unpaired) electrons.